The zero-order valence-electron chi connectivity index (χ0n) is 16.3. The minimum atomic E-state index is -0.177. The Morgan fingerprint density at radius 3 is 1.48 bits per heavy atom. The van der Waals surface area contributed by atoms with Crippen LogP contribution in [0.2, 0.25) is 0 Å². The van der Waals surface area contributed by atoms with E-state index in [1.807, 2.05) is 0 Å². The fraction of sp³-hybridized carbons (Fsp3) is 0.882. The van der Waals surface area contributed by atoms with E-state index in [4.69, 9.17) is 0 Å². The average molecular weight is 360 g/mol. The maximum Gasteiger partial charge on any atom is 0.306 e. The molecule has 0 saturated heterocycles. The molecule has 0 radical (unpaired) electrons. The molecule has 0 aliphatic carbocycles. The van der Waals surface area contributed by atoms with Crippen molar-refractivity contribution in [1.82, 2.24) is 20.4 Å². The van der Waals surface area contributed by atoms with Crippen molar-refractivity contribution in [3.05, 3.63) is 0 Å². The van der Waals surface area contributed by atoms with Gasteiger partial charge in [0.2, 0.25) is 0 Å². The molecule has 0 aromatic carbocycles. The van der Waals surface area contributed by atoms with Crippen LogP contribution in [0.3, 0.4) is 0 Å². The number of rotatable bonds is 16. The van der Waals surface area contributed by atoms with E-state index in [0.29, 0.717) is 25.9 Å². The molecule has 0 atom stereocenters. The highest BCUT2D eigenvalue weighted by atomic mass is 16.5. The molecule has 0 rings (SSSR count). The van der Waals surface area contributed by atoms with Gasteiger partial charge >= 0.3 is 11.9 Å². The predicted molar refractivity (Wildman–Crippen MR) is 98.6 cm³/mol. The van der Waals surface area contributed by atoms with E-state index < -0.39 is 0 Å². The zero-order valence-corrected chi connectivity index (χ0v) is 16.3. The van der Waals surface area contributed by atoms with Crippen LogP contribution in [-0.4, -0.2) is 102 Å². The summed E-state index contributed by atoms with van der Waals surface area (Å²) in [6.07, 6.45) is 1.94. The first-order valence-corrected chi connectivity index (χ1v) is 8.91. The number of methoxy groups -OCH3 is 2. The van der Waals surface area contributed by atoms with Gasteiger partial charge < -0.3 is 29.9 Å². The van der Waals surface area contributed by atoms with Crippen LogP contribution in [0.15, 0.2) is 0 Å². The van der Waals surface area contributed by atoms with Crippen molar-refractivity contribution in [3.63, 3.8) is 0 Å². The molecule has 0 aliphatic rings. The van der Waals surface area contributed by atoms with Crippen LogP contribution in [0.1, 0.15) is 19.3 Å². The van der Waals surface area contributed by atoms with Gasteiger partial charge in [0.15, 0.2) is 0 Å². The van der Waals surface area contributed by atoms with Crippen LogP contribution in [-0.2, 0) is 19.1 Å². The lowest BCUT2D eigenvalue weighted by Gasteiger charge is -2.20. The first-order chi connectivity index (χ1) is 12.0. The third-order valence-corrected chi connectivity index (χ3v) is 3.89. The van der Waals surface area contributed by atoms with Crippen molar-refractivity contribution < 1.29 is 19.1 Å². The van der Waals surface area contributed by atoms with Crippen molar-refractivity contribution in [3.8, 4) is 0 Å². The molecule has 0 aromatic heterocycles. The highest BCUT2D eigenvalue weighted by Gasteiger charge is 2.03. The standard InChI is InChI=1S/C17H36N4O4/c1-20(14-10-18-8-6-16(22)24-3)12-5-13-21(2)15-11-19-9-7-17(23)25-4/h18-19H,5-15H2,1-4H3. The monoisotopic (exact) mass is 360 g/mol. The van der Waals surface area contributed by atoms with Crippen LogP contribution < -0.4 is 10.6 Å². The van der Waals surface area contributed by atoms with Gasteiger partial charge in [0, 0.05) is 39.3 Å². The number of nitrogens with zero attached hydrogens (tertiary/aromatic N) is 2. The maximum absolute atomic E-state index is 11.0. The molecule has 0 unspecified atom stereocenters. The fourth-order valence-corrected chi connectivity index (χ4v) is 2.21. The zero-order chi connectivity index (χ0) is 18.9. The SMILES string of the molecule is COC(=O)CCNCCN(C)CCCN(C)CCNCCC(=O)OC. The Morgan fingerprint density at radius 2 is 1.12 bits per heavy atom. The molecule has 0 aromatic rings. The number of hydrogen-bond acceptors (Lipinski definition) is 8. The van der Waals surface area contributed by atoms with Crippen molar-refractivity contribution in [2.75, 3.05) is 80.7 Å². The molecule has 0 spiro atoms. The third-order valence-electron chi connectivity index (χ3n) is 3.89. The van der Waals surface area contributed by atoms with Gasteiger partial charge in [-0.15, -0.1) is 0 Å². The predicted octanol–water partition coefficient (Wildman–Crippen LogP) is -0.454. The summed E-state index contributed by atoms with van der Waals surface area (Å²) in [4.78, 5) is 26.5. The number of ether oxygens (including phenoxy) is 2. The van der Waals surface area contributed by atoms with E-state index in [9.17, 15) is 9.59 Å². The lowest BCUT2D eigenvalue weighted by atomic mass is 10.3. The Labute approximate surface area is 152 Å². The lowest BCUT2D eigenvalue weighted by Crippen LogP contribution is -2.34. The molecule has 0 amide bonds. The minimum Gasteiger partial charge on any atom is -0.469 e. The number of nitrogens with one attached hydrogen (secondary N) is 2. The van der Waals surface area contributed by atoms with E-state index in [0.717, 1.165) is 45.7 Å². The number of carbonyl (C=O) groups is 2. The van der Waals surface area contributed by atoms with Crippen LogP contribution in [0.4, 0.5) is 0 Å². The highest BCUT2D eigenvalue weighted by molar-refractivity contribution is 5.69. The molecule has 0 saturated carbocycles. The summed E-state index contributed by atoms with van der Waals surface area (Å²) in [5.74, 6) is -0.354. The summed E-state index contributed by atoms with van der Waals surface area (Å²) in [5, 5.41) is 6.48. The van der Waals surface area contributed by atoms with Gasteiger partial charge in [0.1, 0.15) is 0 Å². The van der Waals surface area contributed by atoms with Gasteiger partial charge in [-0.1, -0.05) is 0 Å². The highest BCUT2D eigenvalue weighted by Crippen LogP contribution is 1.91. The third kappa shape index (κ3) is 16.0. The molecule has 0 fully saturated rings. The van der Waals surface area contributed by atoms with E-state index >= 15 is 0 Å². The topological polar surface area (TPSA) is 83.1 Å². The summed E-state index contributed by atoms with van der Waals surface area (Å²) in [6.45, 7) is 7.05. The summed E-state index contributed by atoms with van der Waals surface area (Å²) in [5.41, 5.74) is 0. The second-order valence-electron chi connectivity index (χ2n) is 6.11. The largest absolute Gasteiger partial charge is 0.469 e. The van der Waals surface area contributed by atoms with E-state index in [2.05, 4.69) is 44.0 Å². The van der Waals surface area contributed by atoms with Crippen molar-refractivity contribution in [1.29, 1.82) is 0 Å². The molecule has 8 heteroatoms. The number of esters is 2. The number of carbonyl (C=O) groups excluding carboxylic acids is 2. The molecule has 0 bridgehead atoms. The summed E-state index contributed by atoms with van der Waals surface area (Å²) in [6, 6.07) is 0. The van der Waals surface area contributed by atoms with Gasteiger partial charge in [0.05, 0.1) is 27.1 Å². The van der Waals surface area contributed by atoms with Gasteiger partial charge in [-0.2, -0.15) is 0 Å². The number of likely N-dealkylation sites (N-methyl/N-ethyl adjacent to an activating group) is 2. The summed E-state index contributed by atoms with van der Waals surface area (Å²) in [7, 11) is 7.03. The van der Waals surface area contributed by atoms with Crippen molar-refractivity contribution in [2.45, 2.75) is 19.3 Å². The van der Waals surface area contributed by atoms with E-state index in [-0.39, 0.29) is 11.9 Å². The molecule has 8 nitrogen and oxygen atoms in total. The van der Waals surface area contributed by atoms with Crippen molar-refractivity contribution in [2.24, 2.45) is 0 Å². The minimum absolute atomic E-state index is 0.177. The fourth-order valence-electron chi connectivity index (χ4n) is 2.21. The van der Waals surface area contributed by atoms with Gasteiger partial charge in [-0.25, -0.2) is 0 Å². The van der Waals surface area contributed by atoms with Crippen LogP contribution in [0.5, 0.6) is 0 Å². The molecule has 148 valence electrons. The van der Waals surface area contributed by atoms with Gasteiger partial charge in [-0.3, -0.25) is 9.59 Å². The molecule has 0 aliphatic heterocycles. The van der Waals surface area contributed by atoms with Crippen LogP contribution in [0.25, 0.3) is 0 Å². The number of hydrogen-bond donors (Lipinski definition) is 2. The first-order valence-electron chi connectivity index (χ1n) is 8.91. The van der Waals surface area contributed by atoms with E-state index in [1.54, 1.807) is 0 Å². The quantitative estimate of drug-likeness (QED) is 0.283. The molecular formula is C17H36N4O4. The average Bonchev–Trinajstić information content (AvgIpc) is 2.60. The Kier molecular flexibility index (Phi) is 15.5. The Hall–Kier alpha value is -1.22. The summed E-state index contributed by atoms with van der Waals surface area (Å²) < 4.78 is 9.18. The van der Waals surface area contributed by atoms with Crippen molar-refractivity contribution >= 4 is 11.9 Å². The van der Waals surface area contributed by atoms with Gasteiger partial charge in [-0.05, 0) is 33.6 Å². The van der Waals surface area contributed by atoms with E-state index in [1.165, 1.54) is 14.2 Å². The molecular weight excluding hydrogens is 324 g/mol. The molecule has 2 N–H and O–H groups in total. The summed E-state index contributed by atoms with van der Waals surface area (Å²) >= 11 is 0. The lowest BCUT2D eigenvalue weighted by molar-refractivity contribution is -0.141. The Morgan fingerprint density at radius 1 is 0.720 bits per heavy atom. The normalized spacial score (nSPS) is 11.1. The Bertz CT molecular complexity index is 324. The second kappa shape index (κ2) is 16.3. The van der Waals surface area contributed by atoms with Gasteiger partial charge in [0.25, 0.3) is 0 Å². The first kappa shape index (κ1) is 23.8. The maximum atomic E-state index is 11.0. The Balaban J connectivity index is 3.43. The molecule has 0 heterocycles. The molecule has 25 heavy (non-hydrogen) atoms. The van der Waals surface area contributed by atoms with Crippen LogP contribution in [0, 0.1) is 0 Å². The second-order valence-corrected chi connectivity index (χ2v) is 6.11. The van der Waals surface area contributed by atoms with Crippen LogP contribution >= 0.6 is 0 Å². The smallest absolute Gasteiger partial charge is 0.306 e.